The molecule has 0 N–H and O–H groups in total. The summed E-state index contributed by atoms with van der Waals surface area (Å²) in [6.45, 7) is 2.22. The zero-order chi connectivity index (χ0) is 16.8. The maximum absolute atomic E-state index is 11.4. The van der Waals surface area contributed by atoms with E-state index in [9.17, 15) is 4.79 Å². The van der Waals surface area contributed by atoms with Gasteiger partial charge >= 0.3 is 0 Å². The molecule has 0 bridgehead atoms. The molecule has 24 heavy (non-hydrogen) atoms. The van der Waals surface area contributed by atoms with E-state index in [-0.39, 0.29) is 0 Å². The third-order valence-electron chi connectivity index (χ3n) is 4.46. The van der Waals surface area contributed by atoms with Gasteiger partial charge in [-0.3, -0.25) is 4.79 Å². The van der Waals surface area contributed by atoms with Crippen molar-refractivity contribution < 1.29 is 14.3 Å². The molecular formula is C20H23NO3. The molecule has 0 aliphatic carbocycles. The first-order valence-electron chi connectivity index (χ1n) is 8.35. The Morgan fingerprint density at radius 3 is 2.71 bits per heavy atom. The fourth-order valence-electron chi connectivity index (χ4n) is 2.96. The molecule has 1 saturated heterocycles. The average molecular weight is 325 g/mol. The lowest BCUT2D eigenvalue weighted by atomic mass is 10.2. The van der Waals surface area contributed by atoms with Gasteiger partial charge in [0, 0.05) is 6.04 Å². The van der Waals surface area contributed by atoms with Crippen LogP contribution in [-0.2, 0) is 6.61 Å². The molecule has 3 rings (SSSR count). The van der Waals surface area contributed by atoms with Gasteiger partial charge in [0.15, 0.2) is 6.29 Å². The molecule has 2 aromatic rings. The number of hydrogen-bond acceptors (Lipinski definition) is 4. The highest BCUT2D eigenvalue weighted by molar-refractivity contribution is 5.80. The smallest absolute Gasteiger partial charge is 0.153 e. The Balaban J connectivity index is 1.61. The highest BCUT2D eigenvalue weighted by atomic mass is 16.5. The molecule has 0 amide bonds. The van der Waals surface area contributed by atoms with Crippen LogP contribution in [0.2, 0.25) is 0 Å². The van der Waals surface area contributed by atoms with E-state index in [0.29, 0.717) is 36.3 Å². The highest BCUT2D eigenvalue weighted by Gasteiger charge is 2.21. The minimum atomic E-state index is 0.439. The number of likely N-dealkylation sites (N-methyl/N-ethyl adjacent to an activating group) is 1. The Labute approximate surface area is 143 Å². The lowest BCUT2D eigenvalue weighted by molar-refractivity contribution is 0.111. The van der Waals surface area contributed by atoms with E-state index in [4.69, 9.17) is 9.47 Å². The van der Waals surface area contributed by atoms with Crippen molar-refractivity contribution in [2.24, 2.45) is 0 Å². The topological polar surface area (TPSA) is 38.8 Å². The van der Waals surface area contributed by atoms with Crippen LogP contribution in [0, 0.1) is 0 Å². The van der Waals surface area contributed by atoms with E-state index in [2.05, 4.69) is 11.9 Å². The molecule has 4 heteroatoms. The van der Waals surface area contributed by atoms with Gasteiger partial charge in [0.2, 0.25) is 0 Å². The molecule has 1 unspecified atom stereocenters. The van der Waals surface area contributed by atoms with Crippen LogP contribution in [0.1, 0.15) is 28.8 Å². The fraction of sp³-hybridized carbons (Fsp3) is 0.350. The minimum Gasteiger partial charge on any atom is -0.492 e. The molecule has 0 radical (unpaired) electrons. The van der Waals surface area contributed by atoms with Crippen LogP contribution in [0.25, 0.3) is 0 Å². The second kappa shape index (κ2) is 7.97. The predicted octanol–water partition coefficient (Wildman–Crippen LogP) is 3.55. The van der Waals surface area contributed by atoms with E-state index in [1.54, 1.807) is 12.1 Å². The summed E-state index contributed by atoms with van der Waals surface area (Å²) in [4.78, 5) is 13.7. The Bertz CT molecular complexity index is 672. The van der Waals surface area contributed by atoms with Crippen molar-refractivity contribution in [3.05, 3.63) is 59.7 Å². The highest BCUT2D eigenvalue weighted by Crippen LogP contribution is 2.25. The van der Waals surface area contributed by atoms with Crippen LogP contribution in [0.15, 0.2) is 48.5 Å². The molecule has 1 heterocycles. The largest absolute Gasteiger partial charge is 0.492 e. The lowest BCUT2D eigenvalue weighted by Crippen LogP contribution is -2.30. The van der Waals surface area contributed by atoms with Gasteiger partial charge in [-0.1, -0.05) is 30.3 Å². The summed E-state index contributed by atoms with van der Waals surface area (Å²) in [6.07, 6.45) is 3.20. The van der Waals surface area contributed by atoms with Crippen molar-refractivity contribution in [3.8, 4) is 11.5 Å². The third kappa shape index (κ3) is 4.15. The summed E-state index contributed by atoms with van der Waals surface area (Å²) in [5.74, 6) is 1.30. The Kier molecular flexibility index (Phi) is 5.49. The predicted molar refractivity (Wildman–Crippen MR) is 93.8 cm³/mol. The molecule has 1 fully saturated rings. The Hall–Kier alpha value is -2.33. The van der Waals surface area contributed by atoms with E-state index in [0.717, 1.165) is 24.8 Å². The first-order chi connectivity index (χ1) is 11.8. The summed E-state index contributed by atoms with van der Waals surface area (Å²) in [6, 6.07) is 15.8. The second-order valence-electron chi connectivity index (χ2n) is 6.18. The van der Waals surface area contributed by atoms with Gasteiger partial charge in [0.05, 0.1) is 5.56 Å². The molecular weight excluding hydrogens is 302 g/mol. The Morgan fingerprint density at radius 2 is 2.00 bits per heavy atom. The van der Waals surface area contributed by atoms with Crippen molar-refractivity contribution in [1.29, 1.82) is 0 Å². The first-order valence-corrected chi connectivity index (χ1v) is 8.35. The monoisotopic (exact) mass is 325 g/mol. The molecule has 2 aromatic carbocycles. The maximum Gasteiger partial charge on any atom is 0.153 e. The van der Waals surface area contributed by atoms with Gasteiger partial charge in [0.25, 0.3) is 0 Å². The number of rotatable bonds is 7. The summed E-state index contributed by atoms with van der Waals surface area (Å²) < 4.78 is 11.6. The van der Waals surface area contributed by atoms with Crippen molar-refractivity contribution in [2.75, 3.05) is 20.2 Å². The van der Waals surface area contributed by atoms with E-state index >= 15 is 0 Å². The SMILES string of the molecule is CN1CCCC1COc1ccc(OCc2ccccc2)c(C=O)c1. The summed E-state index contributed by atoms with van der Waals surface area (Å²) >= 11 is 0. The number of benzene rings is 2. The van der Waals surface area contributed by atoms with Gasteiger partial charge in [-0.25, -0.2) is 0 Å². The molecule has 0 saturated carbocycles. The number of carbonyl (C=O) groups is 1. The van der Waals surface area contributed by atoms with Gasteiger partial charge in [-0.15, -0.1) is 0 Å². The Morgan fingerprint density at radius 1 is 1.17 bits per heavy atom. The normalized spacial score (nSPS) is 17.6. The number of nitrogens with zero attached hydrogens (tertiary/aromatic N) is 1. The number of likely N-dealkylation sites (tertiary alicyclic amines) is 1. The summed E-state index contributed by atoms with van der Waals surface area (Å²) in [7, 11) is 2.12. The minimum absolute atomic E-state index is 0.439. The van der Waals surface area contributed by atoms with Crippen molar-refractivity contribution >= 4 is 6.29 Å². The fourth-order valence-corrected chi connectivity index (χ4v) is 2.96. The summed E-state index contributed by atoms with van der Waals surface area (Å²) in [5.41, 5.74) is 1.59. The molecule has 4 nitrogen and oxygen atoms in total. The molecule has 1 atom stereocenters. The number of carbonyl (C=O) groups excluding carboxylic acids is 1. The van der Waals surface area contributed by atoms with Crippen LogP contribution in [0.3, 0.4) is 0 Å². The van der Waals surface area contributed by atoms with E-state index in [1.165, 1.54) is 6.42 Å². The average Bonchev–Trinajstić information content (AvgIpc) is 3.04. The molecule has 1 aliphatic rings. The number of aldehydes is 1. The number of ether oxygens (including phenoxy) is 2. The maximum atomic E-state index is 11.4. The summed E-state index contributed by atoms with van der Waals surface area (Å²) in [5, 5.41) is 0. The van der Waals surface area contributed by atoms with Crippen molar-refractivity contribution in [3.63, 3.8) is 0 Å². The molecule has 0 spiro atoms. The molecule has 126 valence electrons. The van der Waals surface area contributed by atoms with E-state index in [1.807, 2.05) is 36.4 Å². The van der Waals surface area contributed by atoms with Crippen LogP contribution in [0.5, 0.6) is 11.5 Å². The third-order valence-corrected chi connectivity index (χ3v) is 4.46. The standard InChI is InChI=1S/C20H23NO3/c1-21-11-5-8-18(21)15-23-19-9-10-20(17(12-19)13-22)24-14-16-6-3-2-4-7-16/h2-4,6-7,9-10,12-13,18H,5,8,11,14-15H2,1H3. The van der Waals surface area contributed by atoms with Gasteiger partial charge in [-0.2, -0.15) is 0 Å². The zero-order valence-electron chi connectivity index (χ0n) is 14.0. The van der Waals surface area contributed by atoms with Crippen LogP contribution >= 0.6 is 0 Å². The second-order valence-corrected chi connectivity index (χ2v) is 6.18. The van der Waals surface area contributed by atoms with Gasteiger partial charge < -0.3 is 14.4 Å². The van der Waals surface area contributed by atoms with E-state index < -0.39 is 0 Å². The number of hydrogen-bond donors (Lipinski definition) is 0. The van der Waals surface area contributed by atoms with Crippen LogP contribution in [-0.4, -0.2) is 37.4 Å². The first kappa shape index (κ1) is 16.5. The van der Waals surface area contributed by atoms with Gasteiger partial charge in [-0.05, 0) is 50.2 Å². The van der Waals surface area contributed by atoms with Crippen molar-refractivity contribution in [1.82, 2.24) is 4.90 Å². The van der Waals surface area contributed by atoms with Gasteiger partial charge in [0.1, 0.15) is 24.7 Å². The molecule has 0 aromatic heterocycles. The van der Waals surface area contributed by atoms with Crippen molar-refractivity contribution in [2.45, 2.75) is 25.5 Å². The quantitative estimate of drug-likeness (QED) is 0.730. The molecule has 1 aliphatic heterocycles. The lowest BCUT2D eigenvalue weighted by Gasteiger charge is -2.20. The van der Waals surface area contributed by atoms with Crippen LogP contribution in [0.4, 0.5) is 0 Å². The zero-order valence-corrected chi connectivity index (χ0v) is 14.0. The van der Waals surface area contributed by atoms with Crippen LogP contribution < -0.4 is 9.47 Å².